The molecule has 2 atom stereocenters. The number of benzene rings is 4. The number of nitrogens with one attached hydrogen (secondary N) is 1. The maximum absolute atomic E-state index is 14.6. The van der Waals surface area contributed by atoms with E-state index in [1.165, 1.54) is 9.21 Å². The molecule has 9 heteroatoms. The molecule has 0 saturated carbocycles. The summed E-state index contributed by atoms with van der Waals surface area (Å²) in [6.45, 7) is 9.20. The van der Waals surface area contributed by atoms with E-state index < -0.39 is 28.5 Å². The Balaban J connectivity index is 1.83. The molecule has 0 bridgehead atoms. The Labute approximate surface area is 281 Å². The molecule has 0 aliphatic carbocycles. The van der Waals surface area contributed by atoms with Crippen LogP contribution in [-0.4, -0.2) is 43.8 Å². The average molecular weight is 705 g/mol. The van der Waals surface area contributed by atoms with E-state index in [2.05, 4.69) is 21.2 Å². The number of carbonyl (C=O) groups is 2. The smallest absolute Gasteiger partial charge is 0.264 e. The van der Waals surface area contributed by atoms with Gasteiger partial charge in [-0.05, 0) is 92.8 Å². The fourth-order valence-corrected chi connectivity index (χ4v) is 7.13. The summed E-state index contributed by atoms with van der Waals surface area (Å²) in [4.78, 5) is 30.2. The Kier molecular flexibility index (Phi) is 11.8. The molecule has 2 amide bonds. The third-order valence-electron chi connectivity index (χ3n) is 7.90. The van der Waals surface area contributed by atoms with Crippen LogP contribution in [0.2, 0.25) is 0 Å². The molecule has 0 fully saturated rings. The van der Waals surface area contributed by atoms with Gasteiger partial charge in [-0.15, -0.1) is 0 Å². The molecule has 0 aromatic heterocycles. The molecule has 1 N–H and O–H groups in total. The Hall–Kier alpha value is -3.95. The second-order valence-corrected chi connectivity index (χ2v) is 14.6. The second kappa shape index (κ2) is 15.6. The molecular formula is C37H42BrN3O4S. The fourth-order valence-electron chi connectivity index (χ4n) is 5.29. The van der Waals surface area contributed by atoms with E-state index in [0.717, 1.165) is 38.7 Å². The Morgan fingerprint density at radius 3 is 2.04 bits per heavy atom. The molecule has 4 aromatic rings. The lowest BCUT2D eigenvalue weighted by Gasteiger charge is -2.34. The van der Waals surface area contributed by atoms with Gasteiger partial charge in [-0.25, -0.2) is 8.42 Å². The van der Waals surface area contributed by atoms with Gasteiger partial charge in [0.15, 0.2) is 0 Å². The number of anilines is 1. The van der Waals surface area contributed by atoms with E-state index >= 15 is 0 Å². The SMILES string of the molecule is CC[C@H](C)NC(=O)[C@H](Cc1ccccc1)N(Cc1cccc(Br)c1)C(=O)CN(c1cc(C)cc(C)c1)S(=O)(=O)c1ccc(C)cc1. The van der Waals surface area contributed by atoms with Crippen molar-refractivity contribution in [3.8, 4) is 0 Å². The van der Waals surface area contributed by atoms with Crippen LogP contribution in [0.5, 0.6) is 0 Å². The summed E-state index contributed by atoms with van der Waals surface area (Å²) < 4.78 is 30.6. The van der Waals surface area contributed by atoms with Crippen LogP contribution >= 0.6 is 15.9 Å². The second-order valence-electron chi connectivity index (χ2n) is 11.8. The number of sulfonamides is 1. The summed E-state index contributed by atoms with van der Waals surface area (Å²) in [6, 6.07) is 28.2. The van der Waals surface area contributed by atoms with Crippen LogP contribution in [0.15, 0.2) is 106 Å². The lowest BCUT2D eigenvalue weighted by Crippen LogP contribution is -2.54. The van der Waals surface area contributed by atoms with Gasteiger partial charge in [-0.3, -0.25) is 13.9 Å². The Morgan fingerprint density at radius 1 is 0.804 bits per heavy atom. The summed E-state index contributed by atoms with van der Waals surface area (Å²) in [7, 11) is -4.16. The zero-order valence-electron chi connectivity index (χ0n) is 27.0. The molecule has 7 nitrogen and oxygen atoms in total. The van der Waals surface area contributed by atoms with Crippen LogP contribution in [0.3, 0.4) is 0 Å². The molecule has 0 unspecified atom stereocenters. The normalized spacial score (nSPS) is 12.7. The number of rotatable bonds is 13. The highest BCUT2D eigenvalue weighted by Gasteiger charge is 2.35. The molecule has 0 radical (unpaired) electrons. The lowest BCUT2D eigenvalue weighted by molar-refractivity contribution is -0.140. The van der Waals surface area contributed by atoms with Gasteiger partial charge in [0.05, 0.1) is 10.6 Å². The quantitative estimate of drug-likeness (QED) is 0.161. The van der Waals surface area contributed by atoms with Crippen molar-refractivity contribution in [1.82, 2.24) is 10.2 Å². The van der Waals surface area contributed by atoms with Gasteiger partial charge in [0.1, 0.15) is 12.6 Å². The van der Waals surface area contributed by atoms with Crippen molar-refractivity contribution in [3.63, 3.8) is 0 Å². The topological polar surface area (TPSA) is 86.8 Å². The first-order valence-corrected chi connectivity index (χ1v) is 17.7. The lowest BCUT2D eigenvalue weighted by atomic mass is 10.0. The number of nitrogens with zero attached hydrogens (tertiary/aromatic N) is 2. The third-order valence-corrected chi connectivity index (χ3v) is 10.2. The van der Waals surface area contributed by atoms with E-state index in [-0.39, 0.29) is 29.8 Å². The maximum atomic E-state index is 14.6. The van der Waals surface area contributed by atoms with E-state index in [1.54, 1.807) is 36.4 Å². The van der Waals surface area contributed by atoms with Crippen LogP contribution < -0.4 is 9.62 Å². The van der Waals surface area contributed by atoms with Gasteiger partial charge in [0.25, 0.3) is 10.0 Å². The van der Waals surface area contributed by atoms with Gasteiger partial charge in [0.2, 0.25) is 11.8 Å². The average Bonchev–Trinajstić information content (AvgIpc) is 3.01. The summed E-state index contributed by atoms with van der Waals surface area (Å²) in [5.74, 6) is -0.782. The highest BCUT2D eigenvalue weighted by Crippen LogP contribution is 2.27. The molecule has 4 rings (SSSR count). The van der Waals surface area contributed by atoms with E-state index in [9.17, 15) is 18.0 Å². The number of hydrogen-bond donors (Lipinski definition) is 1. The first-order chi connectivity index (χ1) is 21.9. The molecule has 0 aliphatic rings. The Morgan fingerprint density at radius 2 is 1.43 bits per heavy atom. The van der Waals surface area contributed by atoms with Gasteiger partial charge >= 0.3 is 0 Å². The number of carbonyl (C=O) groups excluding carboxylic acids is 2. The molecular weight excluding hydrogens is 662 g/mol. The van der Waals surface area contributed by atoms with Crippen molar-refractivity contribution < 1.29 is 18.0 Å². The number of amides is 2. The molecule has 4 aromatic carbocycles. The van der Waals surface area contributed by atoms with Crippen LogP contribution in [0.1, 0.15) is 48.1 Å². The summed E-state index contributed by atoms with van der Waals surface area (Å²) in [5, 5.41) is 3.07. The molecule has 0 aliphatic heterocycles. The predicted octanol–water partition coefficient (Wildman–Crippen LogP) is 7.12. The molecule has 0 heterocycles. The van der Waals surface area contributed by atoms with Gasteiger partial charge in [0, 0.05) is 23.5 Å². The van der Waals surface area contributed by atoms with Crippen LogP contribution in [0.25, 0.3) is 0 Å². The highest BCUT2D eigenvalue weighted by atomic mass is 79.9. The van der Waals surface area contributed by atoms with Gasteiger partial charge in [-0.1, -0.05) is 89.1 Å². The van der Waals surface area contributed by atoms with Crippen molar-refractivity contribution in [2.24, 2.45) is 0 Å². The van der Waals surface area contributed by atoms with E-state index in [1.807, 2.05) is 95.3 Å². The van der Waals surface area contributed by atoms with Crippen molar-refractivity contribution in [1.29, 1.82) is 0 Å². The summed E-state index contributed by atoms with van der Waals surface area (Å²) >= 11 is 3.52. The van der Waals surface area contributed by atoms with Gasteiger partial charge < -0.3 is 10.2 Å². The largest absolute Gasteiger partial charge is 0.352 e. The molecule has 46 heavy (non-hydrogen) atoms. The Bertz CT molecular complexity index is 1740. The number of aryl methyl sites for hydroxylation is 3. The monoisotopic (exact) mass is 703 g/mol. The highest BCUT2D eigenvalue weighted by molar-refractivity contribution is 9.10. The summed E-state index contributed by atoms with van der Waals surface area (Å²) in [5.41, 5.74) is 4.73. The molecule has 0 saturated heterocycles. The molecule has 242 valence electrons. The minimum absolute atomic E-state index is 0.0824. The van der Waals surface area contributed by atoms with Crippen molar-refractivity contribution in [2.75, 3.05) is 10.8 Å². The summed E-state index contributed by atoms with van der Waals surface area (Å²) in [6.07, 6.45) is 0.982. The van der Waals surface area contributed by atoms with Crippen LogP contribution in [0.4, 0.5) is 5.69 Å². The first kappa shape index (κ1) is 34.9. The predicted molar refractivity (Wildman–Crippen MR) is 188 cm³/mol. The third kappa shape index (κ3) is 9.07. The van der Waals surface area contributed by atoms with Crippen LogP contribution in [0, 0.1) is 20.8 Å². The minimum atomic E-state index is -4.16. The van der Waals surface area contributed by atoms with Crippen molar-refractivity contribution in [3.05, 3.63) is 129 Å². The standard InChI is InChI=1S/C37H42BrN3O4S/c1-6-29(5)39-37(43)35(23-30-11-8-7-9-12-30)40(24-31-13-10-14-32(38)22-31)36(42)25-41(33-20-27(3)19-28(4)21-33)46(44,45)34-17-15-26(2)16-18-34/h7-22,29,35H,6,23-25H2,1-5H3,(H,39,43)/t29-,35-/m0/s1. The van der Waals surface area contributed by atoms with Gasteiger partial charge in [-0.2, -0.15) is 0 Å². The fraction of sp³-hybridized carbons (Fsp3) is 0.297. The van der Waals surface area contributed by atoms with Crippen LogP contribution in [-0.2, 0) is 32.6 Å². The number of halogens is 1. The van der Waals surface area contributed by atoms with E-state index in [4.69, 9.17) is 0 Å². The zero-order chi connectivity index (χ0) is 33.4. The van der Waals surface area contributed by atoms with Crippen molar-refractivity contribution in [2.45, 2.75) is 71.0 Å². The zero-order valence-corrected chi connectivity index (χ0v) is 29.4. The maximum Gasteiger partial charge on any atom is 0.264 e. The minimum Gasteiger partial charge on any atom is -0.352 e. The molecule has 0 spiro atoms. The number of hydrogen-bond acceptors (Lipinski definition) is 4. The van der Waals surface area contributed by atoms with E-state index in [0.29, 0.717) is 5.69 Å². The van der Waals surface area contributed by atoms with Crippen molar-refractivity contribution >= 4 is 43.5 Å². The first-order valence-electron chi connectivity index (χ1n) is 15.4.